The summed E-state index contributed by atoms with van der Waals surface area (Å²) in [4.78, 5) is 30.9. The molecule has 6 nitrogen and oxygen atoms in total. The smallest absolute Gasteiger partial charge is 0.239 e. The van der Waals surface area contributed by atoms with Crippen LogP contribution in [0, 0.1) is 0 Å². The molecule has 2 amide bonds. The average Bonchev–Trinajstić information content (AvgIpc) is 3.25. The van der Waals surface area contributed by atoms with Crippen LogP contribution in [-0.2, 0) is 16.0 Å². The molecule has 1 heterocycles. The molecule has 1 aromatic heterocycles. The molecule has 1 unspecified atom stereocenters. The number of ether oxygens (including phenoxy) is 1. The van der Waals surface area contributed by atoms with Crippen LogP contribution >= 0.6 is 34.7 Å². The second-order valence-corrected chi connectivity index (χ2v) is 10.7. The molecule has 0 aliphatic rings. The zero-order chi connectivity index (χ0) is 25.5. The third kappa shape index (κ3) is 7.00. The van der Waals surface area contributed by atoms with Gasteiger partial charge in [0.25, 0.3) is 0 Å². The summed E-state index contributed by atoms with van der Waals surface area (Å²) < 4.78 is 6.51. The maximum atomic E-state index is 13.0. The molecule has 0 fully saturated rings. The number of amides is 2. The standard InChI is InChI=1S/C27H26ClN3O3S2/c1-3-23(26(33)31-27-30-22-13-12-20(34-4-2)16-24(22)36-27)35-21-7-5-6-19(15-21)29-25(32)14-17-8-10-18(28)11-9-17/h5-13,15-16,23H,3-4,14H2,1-2H3,(H,29,32)(H,30,31,33). The SMILES string of the molecule is CCOc1ccc2nc(NC(=O)C(CC)Sc3cccc(NC(=O)Cc4ccc(Cl)cc4)c3)sc2c1. The van der Waals surface area contributed by atoms with Crippen LogP contribution in [0.4, 0.5) is 10.8 Å². The first kappa shape index (κ1) is 26.0. The molecule has 0 saturated heterocycles. The lowest BCUT2D eigenvalue weighted by molar-refractivity contribution is -0.116. The second-order valence-electron chi connectivity index (χ2n) is 7.96. The predicted octanol–water partition coefficient (Wildman–Crippen LogP) is 7.04. The van der Waals surface area contributed by atoms with Crippen molar-refractivity contribution in [3.05, 3.63) is 77.3 Å². The Hall–Kier alpha value is -3.07. The van der Waals surface area contributed by atoms with Gasteiger partial charge in [-0.15, -0.1) is 11.8 Å². The molecule has 2 N–H and O–H groups in total. The molecule has 0 radical (unpaired) electrons. The zero-order valence-corrected chi connectivity index (χ0v) is 22.3. The van der Waals surface area contributed by atoms with Crippen molar-refractivity contribution in [1.29, 1.82) is 0 Å². The lowest BCUT2D eigenvalue weighted by Gasteiger charge is -2.14. The number of rotatable bonds is 10. The van der Waals surface area contributed by atoms with E-state index in [-0.39, 0.29) is 23.5 Å². The van der Waals surface area contributed by atoms with Gasteiger partial charge >= 0.3 is 0 Å². The van der Waals surface area contributed by atoms with Crippen molar-refractivity contribution in [3.8, 4) is 5.75 Å². The number of carbonyl (C=O) groups excluding carboxylic acids is 2. The summed E-state index contributed by atoms with van der Waals surface area (Å²) in [6.45, 7) is 4.51. The minimum Gasteiger partial charge on any atom is -0.494 e. The summed E-state index contributed by atoms with van der Waals surface area (Å²) in [7, 11) is 0. The van der Waals surface area contributed by atoms with Crippen LogP contribution in [0.15, 0.2) is 71.6 Å². The number of fused-ring (bicyclic) bond motifs is 1. The van der Waals surface area contributed by atoms with Crippen LogP contribution < -0.4 is 15.4 Å². The zero-order valence-electron chi connectivity index (χ0n) is 19.9. The lowest BCUT2D eigenvalue weighted by atomic mass is 10.1. The maximum absolute atomic E-state index is 13.0. The van der Waals surface area contributed by atoms with Crippen molar-refractivity contribution in [2.75, 3.05) is 17.2 Å². The Morgan fingerprint density at radius 2 is 1.86 bits per heavy atom. The van der Waals surface area contributed by atoms with E-state index in [1.165, 1.54) is 23.1 Å². The Balaban J connectivity index is 1.37. The number of nitrogens with one attached hydrogen (secondary N) is 2. The topological polar surface area (TPSA) is 80.3 Å². The van der Waals surface area contributed by atoms with E-state index in [0.29, 0.717) is 28.9 Å². The van der Waals surface area contributed by atoms with Crippen LogP contribution in [-0.4, -0.2) is 28.7 Å². The Morgan fingerprint density at radius 1 is 1.06 bits per heavy atom. The largest absolute Gasteiger partial charge is 0.494 e. The molecular weight excluding hydrogens is 514 g/mol. The Bertz CT molecular complexity index is 1360. The first-order valence-corrected chi connectivity index (χ1v) is 13.7. The van der Waals surface area contributed by atoms with E-state index in [4.69, 9.17) is 16.3 Å². The fourth-order valence-electron chi connectivity index (χ4n) is 3.53. The molecule has 0 aliphatic carbocycles. The molecular formula is C27H26ClN3O3S2. The highest BCUT2D eigenvalue weighted by atomic mass is 35.5. The summed E-state index contributed by atoms with van der Waals surface area (Å²) in [6.07, 6.45) is 0.895. The normalized spacial score (nSPS) is 11.8. The number of anilines is 2. The molecule has 36 heavy (non-hydrogen) atoms. The van der Waals surface area contributed by atoms with Crippen molar-refractivity contribution in [2.45, 2.75) is 36.8 Å². The molecule has 0 saturated carbocycles. The van der Waals surface area contributed by atoms with E-state index in [1.54, 1.807) is 12.1 Å². The molecule has 0 aliphatic heterocycles. The number of thioether (sulfide) groups is 1. The van der Waals surface area contributed by atoms with E-state index in [0.717, 1.165) is 26.4 Å². The number of benzene rings is 3. The number of hydrogen-bond acceptors (Lipinski definition) is 6. The number of thiazole rings is 1. The van der Waals surface area contributed by atoms with Gasteiger partial charge in [-0.2, -0.15) is 0 Å². The Kier molecular flexibility index (Phi) is 8.85. The first-order valence-electron chi connectivity index (χ1n) is 11.6. The van der Waals surface area contributed by atoms with Gasteiger partial charge in [-0.05, 0) is 67.4 Å². The lowest BCUT2D eigenvalue weighted by Crippen LogP contribution is -2.24. The number of carbonyl (C=O) groups is 2. The quantitative estimate of drug-likeness (QED) is 0.211. The molecule has 4 aromatic rings. The van der Waals surface area contributed by atoms with E-state index in [1.807, 2.05) is 68.4 Å². The van der Waals surface area contributed by atoms with Crippen LogP contribution in [0.3, 0.4) is 0 Å². The third-order valence-corrected chi connectivity index (χ3v) is 7.78. The van der Waals surface area contributed by atoms with Crippen LogP contribution in [0.1, 0.15) is 25.8 Å². The van der Waals surface area contributed by atoms with Gasteiger partial charge in [0.1, 0.15) is 5.75 Å². The molecule has 0 spiro atoms. The fraction of sp³-hybridized carbons (Fsp3) is 0.222. The van der Waals surface area contributed by atoms with Crippen molar-refractivity contribution < 1.29 is 14.3 Å². The predicted molar refractivity (Wildman–Crippen MR) is 150 cm³/mol. The fourth-order valence-corrected chi connectivity index (χ4v) is 5.56. The summed E-state index contributed by atoms with van der Waals surface area (Å²) in [5.41, 5.74) is 2.39. The van der Waals surface area contributed by atoms with Crippen LogP contribution in [0.2, 0.25) is 5.02 Å². The molecule has 3 aromatic carbocycles. The highest BCUT2D eigenvalue weighted by Crippen LogP contribution is 2.32. The molecule has 9 heteroatoms. The van der Waals surface area contributed by atoms with Crippen LogP contribution in [0.5, 0.6) is 5.75 Å². The van der Waals surface area contributed by atoms with Crippen molar-refractivity contribution in [2.24, 2.45) is 0 Å². The minimum atomic E-state index is -0.309. The van der Waals surface area contributed by atoms with Gasteiger partial charge in [0.05, 0.1) is 28.5 Å². The number of hydrogen-bond donors (Lipinski definition) is 2. The second kappa shape index (κ2) is 12.3. The van der Waals surface area contributed by atoms with Gasteiger partial charge < -0.3 is 15.4 Å². The van der Waals surface area contributed by atoms with Gasteiger partial charge in [-0.3, -0.25) is 9.59 Å². The summed E-state index contributed by atoms with van der Waals surface area (Å²) >= 11 is 8.79. The number of aromatic nitrogens is 1. The van der Waals surface area contributed by atoms with Crippen molar-refractivity contribution in [3.63, 3.8) is 0 Å². The summed E-state index contributed by atoms with van der Waals surface area (Å²) in [5.74, 6) is 0.560. The van der Waals surface area contributed by atoms with Crippen molar-refractivity contribution in [1.82, 2.24) is 4.98 Å². The van der Waals surface area contributed by atoms with Gasteiger partial charge in [-0.25, -0.2) is 4.98 Å². The van der Waals surface area contributed by atoms with Crippen LogP contribution in [0.25, 0.3) is 10.2 Å². The Labute approximate surface area is 223 Å². The van der Waals surface area contributed by atoms with Crippen molar-refractivity contribution >= 4 is 67.5 Å². The van der Waals surface area contributed by atoms with Gasteiger partial charge in [0, 0.05) is 15.6 Å². The van der Waals surface area contributed by atoms with E-state index in [2.05, 4.69) is 15.6 Å². The average molecular weight is 540 g/mol. The van der Waals surface area contributed by atoms with E-state index < -0.39 is 0 Å². The molecule has 0 bridgehead atoms. The molecule has 186 valence electrons. The highest BCUT2D eigenvalue weighted by molar-refractivity contribution is 8.00. The van der Waals surface area contributed by atoms with Gasteiger partial charge in [-0.1, -0.05) is 48.1 Å². The van der Waals surface area contributed by atoms with E-state index >= 15 is 0 Å². The monoisotopic (exact) mass is 539 g/mol. The Morgan fingerprint density at radius 3 is 2.61 bits per heavy atom. The number of halogens is 1. The van der Waals surface area contributed by atoms with Gasteiger partial charge in [0.2, 0.25) is 11.8 Å². The minimum absolute atomic E-state index is 0.108. The van der Waals surface area contributed by atoms with Gasteiger partial charge in [0.15, 0.2) is 5.13 Å². The van der Waals surface area contributed by atoms with E-state index in [9.17, 15) is 9.59 Å². The number of nitrogens with zero attached hydrogens (tertiary/aromatic N) is 1. The first-order chi connectivity index (χ1) is 17.4. The summed E-state index contributed by atoms with van der Waals surface area (Å²) in [5, 5.41) is 6.78. The highest BCUT2D eigenvalue weighted by Gasteiger charge is 2.20. The third-order valence-electron chi connectivity index (χ3n) is 5.24. The molecule has 1 atom stereocenters. The maximum Gasteiger partial charge on any atom is 0.239 e. The summed E-state index contributed by atoms with van der Waals surface area (Å²) in [6, 6.07) is 20.4. The molecule has 4 rings (SSSR count).